The highest BCUT2D eigenvalue weighted by Crippen LogP contribution is 2.35. The topological polar surface area (TPSA) is 96.2 Å². The summed E-state index contributed by atoms with van der Waals surface area (Å²) in [5.74, 6) is -0.673. The van der Waals surface area contributed by atoms with Gasteiger partial charge in [0.2, 0.25) is 0 Å². The number of hydrogen-bond donors (Lipinski definition) is 1. The van der Waals surface area contributed by atoms with Crippen molar-refractivity contribution < 1.29 is 13.6 Å². The van der Waals surface area contributed by atoms with Gasteiger partial charge in [0.25, 0.3) is 11.5 Å². The van der Waals surface area contributed by atoms with E-state index in [2.05, 4.69) is 20.1 Å². The number of likely N-dealkylation sites (tertiary alicyclic amines) is 1. The van der Waals surface area contributed by atoms with Gasteiger partial charge in [0.05, 0.1) is 18.6 Å². The van der Waals surface area contributed by atoms with E-state index in [0.717, 1.165) is 30.2 Å². The number of amides is 1. The van der Waals surface area contributed by atoms with Crippen molar-refractivity contribution in [1.82, 2.24) is 29.5 Å². The lowest BCUT2D eigenvalue weighted by atomic mass is 9.83. The van der Waals surface area contributed by atoms with Gasteiger partial charge in [-0.3, -0.25) is 23.9 Å². The molecule has 0 unspecified atom stereocenters. The molecule has 4 aromatic rings. The molecule has 1 amide bonds. The molecular formula is C27H26F2N6O2. The van der Waals surface area contributed by atoms with Crippen molar-refractivity contribution in [3.63, 3.8) is 0 Å². The second-order valence-corrected chi connectivity index (χ2v) is 9.90. The van der Waals surface area contributed by atoms with Crippen molar-refractivity contribution in [2.24, 2.45) is 5.92 Å². The van der Waals surface area contributed by atoms with Crippen LogP contribution in [0.25, 0.3) is 28.3 Å². The molecule has 1 saturated carbocycles. The Labute approximate surface area is 211 Å². The summed E-state index contributed by atoms with van der Waals surface area (Å²) in [5, 5.41) is 4.39. The van der Waals surface area contributed by atoms with Gasteiger partial charge in [0, 0.05) is 43.0 Å². The van der Waals surface area contributed by atoms with Gasteiger partial charge in [-0.1, -0.05) is 31.4 Å². The standard InChI is InChI=1S/C27H26F2N6O2/c28-12-16-14-34(15-16)27(37)24-25(22-13-30-8-9-31-22)33-35-23(36)11-21(32-26(24)35)18-6-7-19(20(29)10-18)17-4-2-1-3-5-17/h6-11,13,16-17,32H,1-5,12,14-15H2. The molecule has 0 radical (unpaired) electrons. The van der Waals surface area contributed by atoms with Crippen LogP contribution in [-0.4, -0.2) is 55.1 Å². The summed E-state index contributed by atoms with van der Waals surface area (Å²) in [4.78, 5) is 39.6. The number of carbonyl (C=O) groups excluding carboxylic acids is 1. The van der Waals surface area contributed by atoms with E-state index in [1.165, 1.54) is 42.0 Å². The van der Waals surface area contributed by atoms with E-state index in [0.29, 0.717) is 22.5 Å². The van der Waals surface area contributed by atoms with Gasteiger partial charge in [0.15, 0.2) is 5.65 Å². The summed E-state index contributed by atoms with van der Waals surface area (Å²) < 4.78 is 29.3. The Morgan fingerprint density at radius 3 is 2.62 bits per heavy atom. The number of benzene rings is 1. The van der Waals surface area contributed by atoms with Crippen molar-refractivity contribution in [2.45, 2.75) is 38.0 Å². The molecule has 0 bridgehead atoms. The predicted molar refractivity (Wildman–Crippen MR) is 133 cm³/mol. The molecule has 0 spiro atoms. The smallest absolute Gasteiger partial charge is 0.274 e. The number of halogens is 2. The second kappa shape index (κ2) is 9.49. The molecule has 1 aromatic carbocycles. The minimum absolute atomic E-state index is 0.149. The van der Waals surface area contributed by atoms with E-state index in [4.69, 9.17) is 0 Å². The highest BCUT2D eigenvalue weighted by atomic mass is 19.1. The van der Waals surface area contributed by atoms with Gasteiger partial charge in [-0.05, 0) is 30.4 Å². The summed E-state index contributed by atoms with van der Waals surface area (Å²) in [6.07, 6.45) is 9.78. The van der Waals surface area contributed by atoms with E-state index < -0.39 is 12.2 Å². The van der Waals surface area contributed by atoms with Crippen LogP contribution in [0.3, 0.4) is 0 Å². The van der Waals surface area contributed by atoms with Gasteiger partial charge in [0.1, 0.15) is 22.8 Å². The fourth-order valence-electron chi connectivity index (χ4n) is 5.43. The number of nitrogens with zero attached hydrogens (tertiary/aromatic N) is 5. The molecule has 0 atom stereocenters. The Hall–Kier alpha value is -3.95. The number of nitrogens with one attached hydrogen (secondary N) is 1. The van der Waals surface area contributed by atoms with Crippen LogP contribution in [0.4, 0.5) is 8.78 Å². The Bertz CT molecular complexity index is 1520. The minimum Gasteiger partial charge on any atom is -0.339 e. The number of rotatable bonds is 5. The lowest BCUT2D eigenvalue weighted by molar-refractivity contribution is 0.0455. The molecule has 37 heavy (non-hydrogen) atoms. The zero-order chi connectivity index (χ0) is 25.5. The summed E-state index contributed by atoms with van der Waals surface area (Å²) in [6.45, 7) is 0.0631. The van der Waals surface area contributed by atoms with Crippen molar-refractivity contribution in [3.05, 3.63) is 70.2 Å². The van der Waals surface area contributed by atoms with Gasteiger partial charge in [-0.2, -0.15) is 9.61 Å². The Balaban J connectivity index is 1.46. The Morgan fingerprint density at radius 1 is 1.11 bits per heavy atom. The molecule has 1 N–H and O–H groups in total. The predicted octanol–water partition coefficient (Wildman–Crippen LogP) is 4.37. The van der Waals surface area contributed by atoms with Crippen LogP contribution < -0.4 is 5.56 Å². The van der Waals surface area contributed by atoms with Gasteiger partial charge in [-0.15, -0.1) is 0 Å². The SMILES string of the molecule is O=C(c1c(-c2cnccn2)nn2c(=O)cc(-c3ccc(C4CCCCC4)c(F)c3)[nH]c12)N1CC(CF)C1. The Morgan fingerprint density at radius 2 is 1.92 bits per heavy atom. The second-order valence-electron chi connectivity index (χ2n) is 9.90. The molecule has 1 saturated heterocycles. The first-order chi connectivity index (χ1) is 18.0. The van der Waals surface area contributed by atoms with Crippen LogP contribution >= 0.6 is 0 Å². The molecule has 3 aromatic heterocycles. The van der Waals surface area contributed by atoms with Crippen molar-refractivity contribution in [1.29, 1.82) is 0 Å². The Kier molecular flexibility index (Phi) is 6.02. The fourth-order valence-corrected chi connectivity index (χ4v) is 5.43. The lowest BCUT2D eigenvalue weighted by Crippen LogP contribution is -2.50. The molecule has 8 nitrogen and oxygen atoms in total. The molecular weight excluding hydrogens is 478 g/mol. The van der Waals surface area contributed by atoms with Crippen LogP contribution in [0.1, 0.15) is 53.9 Å². The van der Waals surface area contributed by atoms with Gasteiger partial charge >= 0.3 is 0 Å². The molecule has 2 aliphatic rings. The molecule has 10 heteroatoms. The molecule has 2 fully saturated rings. The average Bonchev–Trinajstić information content (AvgIpc) is 3.29. The zero-order valence-electron chi connectivity index (χ0n) is 20.2. The summed E-state index contributed by atoms with van der Waals surface area (Å²) >= 11 is 0. The van der Waals surface area contributed by atoms with Crippen LogP contribution in [0.15, 0.2) is 47.7 Å². The van der Waals surface area contributed by atoms with Crippen LogP contribution in [0, 0.1) is 11.7 Å². The van der Waals surface area contributed by atoms with Crippen LogP contribution in [-0.2, 0) is 0 Å². The molecule has 6 rings (SSSR count). The molecule has 1 aliphatic heterocycles. The number of alkyl halides is 1. The normalized spacial score (nSPS) is 16.8. The summed E-state index contributed by atoms with van der Waals surface area (Å²) in [7, 11) is 0. The highest BCUT2D eigenvalue weighted by molar-refractivity contribution is 6.05. The maximum absolute atomic E-state index is 15.2. The third-order valence-electron chi connectivity index (χ3n) is 7.45. The van der Waals surface area contributed by atoms with Crippen molar-refractivity contribution >= 4 is 11.6 Å². The largest absolute Gasteiger partial charge is 0.339 e. The van der Waals surface area contributed by atoms with Crippen molar-refractivity contribution in [3.8, 4) is 22.6 Å². The number of hydrogen-bond acceptors (Lipinski definition) is 5. The number of carbonyl (C=O) groups is 1. The average molecular weight is 505 g/mol. The van der Waals surface area contributed by atoms with Crippen LogP contribution in [0.2, 0.25) is 0 Å². The van der Waals surface area contributed by atoms with E-state index in [9.17, 15) is 14.0 Å². The maximum Gasteiger partial charge on any atom is 0.274 e. The monoisotopic (exact) mass is 504 g/mol. The first-order valence-electron chi connectivity index (χ1n) is 12.6. The third-order valence-corrected chi connectivity index (χ3v) is 7.45. The highest BCUT2D eigenvalue weighted by Gasteiger charge is 2.35. The number of aromatic amines is 1. The van der Waals surface area contributed by atoms with E-state index in [-0.39, 0.29) is 53.6 Å². The zero-order valence-corrected chi connectivity index (χ0v) is 20.2. The van der Waals surface area contributed by atoms with E-state index >= 15 is 4.39 Å². The fraction of sp³-hybridized carbons (Fsp3) is 0.370. The summed E-state index contributed by atoms with van der Waals surface area (Å²) in [6, 6.07) is 6.38. The molecule has 1 aliphatic carbocycles. The van der Waals surface area contributed by atoms with Gasteiger partial charge < -0.3 is 9.88 Å². The van der Waals surface area contributed by atoms with Crippen molar-refractivity contribution in [2.75, 3.05) is 19.8 Å². The number of H-pyrrole nitrogens is 1. The first-order valence-corrected chi connectivity index (χ1v) is 12.6. The minimum atomic E-state index is -0.501. The van der Waals surface area contributed by atoms with Crippen LogP contribution in [0.5, 0.6) is 0 Å². The molecule has 4 heterocycles. The van der Waals surface area contributed by atoms with E-state index in [1.807, 2.05) is 0 Å². The number of aromatic nitrogens is 5. The quantitative estimate of drug-likeness (QED) is 0.435. The summed E-state index contributed by atoms with van der Waals surface area (Å²) in [5.41, 5.74) is 1.95. The van der Waals surface area contributed by atoms with E-state index in [1.54, 1.807) is 12.1 Å². The first kappa shape index (κ1) is 23.4. The maximum atomic E-state index is 15.2. The lowest BCUT2D eigenvalue weighted by Gasteiger charge is -2.37. The van der Waals surface area contributed by atoms with Gasteiger partial charge in [-0.25, -0.2) is 4.39 Å². The number of fused-ring (bicyclic) bond motifs is 1. The third kappa shape index (κ3) is 4.20. The molecule has 190 valence electrons.